The summed E-state index contributed by atoms with van der Waals surface area (Å²) in [5.74, 6) is -0.875. The maximum absolute atomic E-state index is 13.6. The Kier molecular flexibility index (Phi) is 8.20. The van der Waals surface area contributed by atoms with Crippen LogP contribution in [0.4, 0.5) is 5.69 Å². The molecule has 1 heterocycles. The van der Waals surface area contributed by atoms with Crippen molar-refractivity contribution in [3.63, 3.8) is 0 Å². The van der Waals surface area contributed by atoms with E-state index in [9.17, 15) is 14.4 Å². The minimum absolute atomic E-state index is 0.0706. The number of carbonyl (C=O) groups is 3. The Bertz CT molecular complexity index is 966. The SMILES string of the molecule is CCCC(C(=O)NC(C)(C)C)N(Cc1ccc(OC)cc1)C(=O)c1snc(C(N)=O)c1N. The van der Waals surface area contributed by atoms with E-state index in [1.54, 1.807) is 19.2 Å². The molecule has 0 radical (unpaired) electrons. The summed E-state index contributed by atoms with van der Waals surface area (Å²) in [5, 5.41) is 2.96. The van der Waals surface area contributed by atoms with E-state index in [4.69, 9.17) is 16.2 Å². The molecule has 0 aliphatic rings. The van der Waals surface area contributed by atoms with E-state index >= 15 is 0 Å². The van der Waals surface area contributed by atoms with E-state index in [2.05, 4.69) is 9.69 Å². The predicted molar refractivity (Wildman–Crippen MR) is 125 cm³/mol. The Balaban J connectivity index is 2.49. The molecule has 1 unspecified atom stereocenters. The third kappa shape index (κ3) is 6.19. The minimum Gasteiger partial charge on any atom is -0.497 e. The summed E-state index contributed by atoms with van der Waals surface area (Å²) in [7, 11) is 1.57. The van der Waals surface area contributed by atoms with Gasteiger partial charge in [-0.3, -0.25) is 14.4 Å². The lowest BCUT2D eigenvalue weighted by Crippen LogP contribution is -2.53. The first-order chi connectivity index (χ1) is 15.0. The van der Waals surface area contributed by atoms with E-state index in [1.165, 1.54) is 4.90 Å². The van der Waals surface area contributed by atoms with Crippen LogP contribution in [0.5, 0.6) is 5.75 Å². The summed E-state index contributed by atoms with van der Waals surface area (Å²) in [6, 6.07) is 6.48. The Morgan fingerprint density at radius 2 is 1.84 bits per heavy atom. The van der Waals surface area contributed by atoms with Crippen LogP contribution in [0.2, 0.25) is 0 Å². The minimum atomic E-state index is -0.810. The lowest BCUT2D eigenvalue weighted by atomic mass is 10.0. The van der Waals surface area contributed by atoms with Gasteiger partial charge in [0, 0.05) is 12.1 Å². The van der Waals surface area contributed by atoms with Gasteiger partial charge in [-0.15, -0.1) is 0 Å². The molecule has 0 spiro atoms. The van der Waals surface area contributed by atoms with Crippen LogP contribution in [-0.4, -0.2) is 45.7 Å². The molecule has 0 aliphatic carbocycles. The van der Waals surface area contributed by atoms with E-state index in [1.807, 2.05) is 39.8 Å². The van der Waals surface area contributed by atoms with Crippen LogP contribution in [-0.2, 0) is 11.3 Å². The largest absolute Gasteiger partial charge is 0.497 e. The van der Waals surface area contributed by atoms with Crippen LogP contribution in [0.15, 0.2) is 24.3 Å². The molecule has 0 fully saturated rings. The number of primary amides is 1. The molecular formula is C22H31N5O4S. The van der Waals surface area contributed by atoms with Gasteiger partial charge in [0.05, 0.1) is 12.8 Å². The first kappa shape index (κ1) is 25.1. The predicted octanol–water partition coefficient (Wildman–Crippen LogP) is 2.56. The molecule has 3 amide bonds. The van der Waals surface area contributed by atoms with Crippen molar-refractivity contribution in [2.75, 3.05) is 12.8 Å². The Labute approximate surface area is 192 Å². The molecule has 2 rings (SSSR count). The molecule has 0 saturated heterocycles. The van der Waals surface area contributed by atoms with E-state index in [0.29, 0.717) is 18.6 Å². The van der Waals surface area contributed by atoms with Crippen LogP contribution in [0.25, 0.3) is 0 Å². The zero-order valence-electron chi connectivity index (χ0n) is 19.1. The number of nitrogen functional groups attached to an aromatic ring is 1. The van der Waals surface area contributed by atoms with Crippen LogP contribution in [0.1, 0.15) is 66.3 Å². The fraction of sp³-hybridized carbons (Fsp3) is 0.455. The van der Waals surface area contributed by atoms with Crippen LogP contribution >= 0.6 is 11.5 Å². The van der Waals surface area contributed by atoms with Gasteiger partial charge in [-0.2, -0.15) is 4.37 Å². The molecule has 9 nitrogen and oxygen atoms in total. The average molecular weight is 462 g/mol. The first-order valence-corrected chi connectivity index (χ1v) is 11.1. The molecule has 0 aliphatic heterocycles. The number of aromatic nitrogens is 1. The van der Waals surface area contributed by atoms with Gasteiger partial charge in [0.2, 0.25) is 5.91 Å². The second kappa shape index (κ2) is 10.4. The number of ether oxygens (including phenoxy) is 1. The van der Waals surface area contributed by atoms with Gasteiger partial charge >= 0.3 is 0 Å². The summed E-state index contributed by atoms with van der Waals surface area (Å²) in [6.07, 6.45) is 1.13. The summed E-state index contributed by atoms with van der Waals surface area (Å²) < 4.78 is 9.13. The van der Waals surface area contributed by atoms with Crippen molar-refractivity contribution in [1.29, 1.82) is 0 Å². The van der Waals surface area contributed by atoms with Crippen molar-refractivity contribution in [3.05, 3.63) is 40.4 Å². The van der Waals surface area contributed by atoms with Gasteiger partial charge in [0.15, 0.2) is 5.69 Å². The molecular weight excluding hydrogens is 430 g/mol. The monoisotopic (exact) mass is 461 g/mol. The number of nitrogens with zero attached hydrogens (tertiary/aromatic N) is 2. The Morgan fingerprint density at radius 1 is 1.22 bits per heavy atom. The average Bonchev–Trinajstić information content (AvgIpc) is 3.10. The number of hydrogen-bond donors (Lipinski definition) is 3. The molecule has 5 N–H and O–H groups in total. The van der Waals surface area contributed by atoms with Gasteiger partial charge in [0.1, 0.15) is 16.7 Å². The molecule has 174 valence electrons. The molecule has 1 aromatic carbocycles. The van der Waals surface area contributed by atoms with Crippen molar-refractivity contribution in [3.8, 4) is 5.75 Å². The van der Waals surface area contributed by atoms with Gasteiger partial charge in [0.25, 0.3) is 11.8 Å². The third-order valence-corrected chi connectivity index (χ3v) is 5.52. The van der Waals surface area contributed by atoms with Crippen molar-refractivity contribution >= 4 is 34.9 Å². The lowest BCUT2D eigenvalue weighted by Gasteiger charge is -2.33. The highest BCUT2D eigenvalue weighted by molar-refractivity contribution is 7.09. The van der Waals surface area contributed by atoms with Crippen LogP contribution < -0.4 is 21.5 Å². The third-order valence-electron chi connectivity index (χ3n) is 4.67. The molecule has 1 atom stereocenters. The normalized spacial score (nSPS) is 12.2. The molecule has 10 heteroatoms. The summed E-state index contributed by atoms with van der Waals surface area (Å²) in [5.41, 5.74) is 11.4. The van der Waals surface area contributed by atoms with Crippen LogP contribution in [0, 0.1) is 0 Å². The van der Waals surface area contributed by atoms with Crippen molar-refractivity contribution < 1.29 is 19.1 Å². The Hall–Kier alpha value is -3.14. The molecule has 0 bridgehead atoms. The fourth-order valence-corrected chi connectivity index (χ4v) is 3.93. The maximum Gasteiger partial charge on any atom is 0.270 e. The van der Waals surface area contributed by atoms with Gasteiger partial charge < -0.3 is 26.4 Å². The highest BCUT2D eigenvalue weighted by Crippen LogP contribution is 2.26. The van der Waals surface area contributed by atoms with E-state index in [-0.39, 0.29) is 28.7 Å². The second-order valence-corrected chi connectivity index (χ2v) is 9.24. The van der Waals surface area contributed by atoms with E-state index < -0.39 is 23.4 Å². The molecule has 2 aromatic rings. The number of rotatable bonds is 9. The zero-order valence-corrected chi connectivity index (χ0v) is 19.9. The van der Waals surface area contributed by atoms with E-state index in [0.717, 1.165) is 17.1 Å². The smallest absolute Gasteiger partial charge is 0.270 e. The van der Waals surface area contributed by atoms with Gasteiger partial charge in [-0.1, -0.05) is 25.5 Å². The first-order valence-electron chi connectivity index (χ1n) is 10.3. The quantitative estimate of drug-likeness (QED) is 0.524. The van der Waals surface area contributed by atoms with Crippen molar-refractivity contribution in [2.45, 2.75) is 58.7 Å². The van der Waals surface area contributed by atoms with Gasteiger partial charge in [-0.05, 0) is 56.4 Å². The lowest BCUT2D eigenvalue weighted by molar-refractivity contribution is -0.127. The number of methoxy groups -OCH3 is 1. The number of nitrogens with two attached hydrogens (primary N) is 2. The Morgan fingerprint density at radius 3 is 2.31 bits per heavy atom. The number of hydrogen-bond acceptors (Lipinski definition) is 7. The standard InChI is InChI=1S/C22H31N5O4S/c1-6-7-15(20(29)25-22(2,3)4)27(12-13-8-10-14(31-5)11-9-13)21(30)18-16(23)17(19(24)28)26-32-18/h8-11,15H,6-7,12,23H2,1-5H3,(H2,24,28)(H,25,29). The fourth-order valence-electron chi connectivity index (χ4n) is 3.17. The topological polar surface area (TPSA) is 141 Å². The highest BCUT2D eigenvalue weighted by Gasteiger charge is 2.34. The number of nitrogens with one attached hydrogen (secondary N) is 1. The molecule has 1 aromatic heterocycles. The summed E-state index contributed by atoms with van der Waals surface area (Å²) in [6.45, 7) is 7.74. The van der Waals surface area contributed by atoms with Gasteiger partial charge in [-0.25, -0.2) is 0 Å². The summed E-state index contributed by atoms with van der Waals surface area (Å²) >= 11 is 0.799. The number of amides is 3. The number of anilines is 1. The number of carbonyl (C=O) groups excluding carboxylic acids is 3. The zero-order chi connectivity index (χ0) is 24.1. The molecule has 32 heavy (non-hydrogen) atoms. The summed E-state index contributed by atoms with van der Waals surface area (Å²) in [4.78, 5) is 39.9. The van der Waals surface area contributed by atoms with Crippen molar-refractivity contribution in [2.24, 2.45) is 5.73 Å². The molecule has 0 saturated carbocycles. The highest BCUT2D eigenvalue weighted by atomic mass is 32.1. The maximum atomic E-state index is 13.6. The van der Waals surface area contributed by atoms with Crippen molar-refractivity contribution in [1.82, 2.24) is 14.6 Å². The second-order valence-electron chi connectivity index (χ2n) is 8.46. The van der Waals surface area contributed by atoms with Crippen LogP contribution in [0.3, 0.4) is 0 Å². The number of benzene rings is 1.